The number of hydrogen-bond acceptors (Lipinski definition) is 4. The zero-order valence-electron chi connectivity index (χ0n) is 14.8. The van der Waals surface area contributed by atoms with Crippen molar-refractivity contribution in [1.82, 2.24) is 29.0 Å². The van der Waals surface area contributed by atoms with Gasteiger partial charge in [0.15, 0.2) is 0 Å². The minimum atomic E-state index is 0.447. The number of hydrogen-bond donors (Lipinski definition) is 0. The van der Waals surface area contributed by atoms with Gasteiger partial charge in [0.1, 0.15) is 0 Å². The van der Waals surface area contributed by atoms with Gasteiger partial charge >= 0.3 is 0 Å². The van der Waals surface area contributed by atoms with Crippen LogP contribution in [0.25, 0.3) is 5.78 Å². The summed E-state index contributed by atoms with van der Waals surface area (Å²) in [5, 5.41) is 4.43. The summed E-state index contributed by atoms with van der Waals surface area (Å²) in [6.07, 6.45) is 6.43. The van der Waals surface area contributed by atoms with Crippen molar-refractivity contribution in [2.24, 2.45) is 7.05 Å². The first kappa shape index (κ1) is 15.3. The first-order chi connectivity index (χ1) is 11.5. The number of nitrogens with zero attached hydrogens (tertiary/aromatic N) is 6. The molecule has 3 aromatic heterocycles. The molecule has 0 saturated carbocycles. The van der Waals surface area contributed by atoms with Crippen molar-refractivity contribution in [2.45, 2.75) is 46.2 Å². The summed E-state index contributed by atoms with van der Waals surface area (Å²) in [6.45, 7) is 8.31. The Balaban J connectivity index is 1.66. The SMILES string of the molecule is Cc1cc(C)n2c(CN3CCCC3c3cnn(C)c3C)cnc2n1. The molecule has 0 bridgehead atoms. The summed E-state index contributed by atoms with van der Waals surface area (Å²) in [5.74, 6) is 0.802. The van der Waals surface area contributed by atoms with Crippen LogP contribution in [0, 0.1) is 20.8 Å². The first-order valence-electron chi connectivity index (χ1n) is 8.57. The van der Waals surface area contributed by atoms with Crippen molar-refractivity contribution in [3.8, 4) is 0 Å². The second-order valence-corrected chi connectivity index (χ2v) is 6.86. The van der Waals surface area contributed by atoms with E-state index in [0.29, 0.717) is 6.04 Å². The van der Waals surface area contributed by atoms with E-state index >= 15 is 0 Å². The monoisotopic (exact) mass is 324 g/mol. The summed E-state index contributed by atoms with van der Waals surface area (Å²) in [5.41, 5.74) is 6.04. The lowest BCUT2D eigenvalue weighted by molar-refractivity contribution is 0.244. The molecule has 0 aliphatic carbocycles. The van der Waals surface area contributed by atoms with Crippen molar-refractivity contribution in [2.75, 3.05) is 6.54 Å². The predicted molar refractivity (Wildman–Crippen MR) is 92.8 cm³/mol. The van der Waals surface area contributed by atoms with E-state index in [1.807, 2.05) is 31.0 Å². The van der Waals surface area contributed by atoms with E-state index in [1.54, 1.807) is 0 Å². The van der Waals surface area contributed by atoms with Gasteiger partial charge in [-0.2, -0.15) is 5.10 Å². The molecular formula is C18H24N6. The third-order valence-corrected chi connectivity index (χ3v) is 5.22. The summed E-state index contributed by atoms with van der Waals surface area (Å²) in [4.78, 5) is 11.6. The van der Waals surface area contributed by atoms with Gasteiger partial charge in [-0.3, -0.25) is 14.0 Å². The number of fused-ring (bicyclic) bond motifs is 1. The maximum absolute atomic E-state index is 4.55. The topological polar surface area (TPSA) is 51.2 Å². The maximum Gasteiger partial charge on any atom is 0.234 e. The van der Waals surface area contributed by atoms with Crippen molar-refractivity contribution >= 4 is 5.78 Å². The molecule has 0 aromatic carbocycles. The highest BCUT2D eigenvalue weighted by Crippen LogP contribution is 2.34. The quantitative estimate of drug-likeness (QED) is 0.743. The molecule has 0 radical (unpaired) electrons. The summed E-state index contributed by atoms with van der Waals surface area (Å²) in [7, 11) is 2.01. The Hall–Kier alpha value is -2.21. The molecule has 6 heteroatoms. The lowest BCUT2D eigenvalue weighted by atomic mass is 10.1. The third-order valence-electron chi connectivity index (χ3n) is 5.22. The molecule has 3 aromatic rings. The zero-order chi connectivity index (χ0) is 16.8. The summed E-state index contributed by atoms with van der Waals surface area (Å²) < 4.78 is 4.15. The van der Waals surface area contributed by atoms with Crippen LogP contribution in [0.1, 0.15) is 47.2 Å². The largest absolute Gasteiger partial charge is 0.290 e. The number of aromatic nitrogens is 5. The highest BCUT2D eigenvalue weighted by atomic mass is 15.3. The van der Waals surface area contributed by atoms with Crippen molar-refractivity contribution < 1.29 is 0 Å². The molecule has 1 atom stereocenters. The minimum absolute atomic E-state index is 0.447. The molecule has 1 unspecified atom stereocenters. The Morgan fingerprint density at radius 3 is 2.79 bits per heavy atom. The molecule has 1 saturated heterocycles. The summed E-state index contributed by atoms with van der Waals surface area (Å²) >= 11 is 0. The molecular weight excluding hydrogens is 300 g/mol. The fourth-order valence-corrected chi connectivity index (χ4v) is 3.93. The van der Waals surface area contributed by atoms with Gasteiger partial charge in [0.05, 0.1) is 18.1 Å². The number of imidazole rings is 1. The van der Waals surface area contributed by atoms with Gasteiger partial charge in [0.2, 0.25) is 5.78 Å². The van der Waals surface area contributed by atoms with Crippen LogP contribution in [0.15, 0.2) is 18.5 Å². The minimum Gasteiger partial charge on any atom is -0.290 e. The van der Waals surface area contributed by atoms with Gasteiger partial charge in [0.25, 0.3) is 0 Å². The highest BCUT2D eigenvalue weighted by Gasteiger charge is 2.29. The molecule has 126 valence electrons. The third kappa shape index (κ3) is 2.41. The van der Waals surface area contributed by atoms with Crippen LogP contribution in [0.5, 0.6) is 0 Å². The average molecular weight is 324 g/mol. The van der Waals surface area contributed by atoms with E-state index in [4.69, 9.17) is 0 Å². The van der Waals surface area contributed by atoms with E-state index in [2.05, 4.69) is 44.3 Å². The molecule has 0 N–H and O–H groups in total. The molecule has 1 aliphatic heterocycles. The number of aryl methyl sites for hydroxylation is 3. The Labute approximate surface area is 142 Å². The number of likely N-dealkylation sites (tertiary alicyclic amines) is 1. The molecule has 6 nitrogen and oxygen atoms in total. The smallest absolute Gasteiger partial charge is 0.234 e. The Bertz CT molecular complexity index is 890. The van der Waals surface area contributed by atoms with Crippen LogP contribution in [0.2, 0.25) is 0 Å². The highest BCUT2D eigenvalue weighted by molar-refractivity contribution is 5.35. The molecule has 4 heterocycles. The van der Waals surface area contributed by atoms with Gasteiger partial charge in [-0.15, -0.1) is 0 Å². The second kappa shape index (κ2) is 5.70. The van der Waals surface area contributed by atoms with Crippen LogP contribution in [-0.4, -0.2) is 35.6 Å². The van der Waals surface area contributed by atoms with Crippen LogP contribution in [0.4, 0.5) is 0 Å². The lowest BCUT2D eigenvalue weighted by Gasteiger charge is -2.24. The fraction of sp³-hybridized carbons (Fsp3) is 0.500. The first-order valence-corrected chi connectivity index (χ1v) is 8.57. The van der Waals surface area contributed by atoms with Crippen LogP contribution < -0.4 is 0 Å². The molecule has 4 rings (SSSR count). The zero-order valence-corrected chi connectivity index (χ0v) is 14.8. The van der Waals surface area contributed by atoms with Crippen LogP contribution in [-0.2, 0) is 13.6 Å². The Morgan fingerprint density at radius 1 is 1.21 bits per heavy atom. The van der Waals surface area contributed by atoms with Gasteiger partial charge in [0, 0.05) is 42.3 Å². The molecule has 0 amide bonds. The van der Waals surface area contributed by atoms with Crippen LogP contribution in [0.3, 0.4) is 0 Å². The molecule has 0 spiro atoms. The van der Waals surface area contributed by atoms with Gasteiger partial charge in [-0.05, 0) is 46.2 Å². The average Bonchev–Trinajstić information content (AvgIpc) is 3.22. The van der Waals surface area contributed by atoms with Gasteiger partial charge < -0.3 is 0 Å². The fourth-order valence-electron chi connectivity index (χ4n) is 3.93. The normalized spacial score (nSPS) is 18.8. The predicted octanol–water partition coefficient (Wildman–Crippen LogP) is 2.73. The molecule has 24 heavy (non-hydrogen) atoms. The maximum atomic E-state index is 4.55. The van der Waals surface area contributed by atoms with E-state index in [1.165, 1.54) is 35.5 Å². The van der Waals surface area contributed by atoms with E-state index in [0.717, 1.165) is 24.6 Å². The van der Waals surface area contributed by atoms with Crippen LogP contribution >= 0.6 is 0 Å². The molecule has 1 fully saturated rings. The number of rotatable bonds is 3. The van der Waals surface area contributed by atoms with E-state index < -0.39 is 0 Å². The van der Waals surface area contributed by atoms with E-state index in [9.17, 15) is 0 Å². The van der Waals surface area contributed by atoms with E-state index in [-0.39, 0.29) is 0 Å². The Kier molecular flexibility index (Phi) is 3.64. The van der Waals surface area contributed by atoms with Crippen molar-refractivity contribution in [3.05, 3.63) is 46.8 Å². The van der Waals surface area contributed by atoms with Crippen molar-refractivity contribution in [1.29, 1.82) is 0 Å². The van der Waals surface area contributed by atoms with Crippen molar-refractivity contribution in [3.63, 3.8) is 0 Å². The van der Waals surface area contributed by atoms with Gasteiger partial charge in [-0.1, -0.05) is 0 Å². The Morgan fingerprint density at radius 2 is 2.04 bits per heavy atom. The summed E-state index contributed by atoms with van der Waals surface area (Å²) in [6, 6.07) is 2.56. The lowest BCUT2D eigenvalue weighted by Crippen LogP contribution is -2.24. The standard InChI is InChI=1S/C18H24N6/c1-12-8-13(2)24-15(9-19-18(24)21-12)11-23-7-5-6-17(23)16-10-20-22(4)14(16)3/h8-10,17H,5-7,11H2,1-4H3. The van der Waals surface area contributed by atoms with Gasteiger partial charge in [-0.25, -0.2) is 9.97 Å². The second-order valence-electron chi connectivity index (χ2n) is 6.86. The molecule has 1 aliphatic rings.